The maximum Gasteiger partial charge on any atom is 0.336 e. The van der Waals surface area contributed by atoms with E-state index in [1.165, 1.54) is 0 Å². The van der Waals surface area contributed by atoms with Gasteiger partial charge in [0, 0.05) is 27.7 Å². The van der Waals surface area contributed by atoms with Crippen molar-refractivity contribution in [2.75, 3.05) is 0 Å². The molecule has 0 spiro atoms. The average Bonchev–Trinajstić information content (AvgIpc) is 3.02. The number of nitrogens with zero attached hydrogens (tertiary/aromatic N) is 1. The minimum Gasteiger partial charge on any atom is -0.423 e. The van der Waals surface area contributed by atoms with Gasteiger partial charge in [0.25, 0.3) is 0 Å². The van der Waals surface area contributed by atoms with Gasteiger partial charge < -0.3 is 8.65 Å². The Morgan fingerprint density at radius 1 is 0.963 bits per heavy atom. The summed E-state index contributed by atoms with van der Waals surface area (Å²) < 4.78 is 8.81. The molecular formula is C22H28BrNO2Si. The Morgan fingerprint density at radius 3 is 2.19 bits per heavy atom. The second-order valence-corrected chi connectivity index (χ2v) is 14.9. The van der Waals surface area contributed by atoms with Crippen molar-refractivity contribution < 1.29 is 4.42 Å². The van der Waals surface area contributed by atoms with Gasteiger partial charge >= 0.3 is 5.63 Å². The van der Waals surface area contributed by atoms with E-state index in [-0.39, 0.29) is 5.63 Å². The molecule has 0 aliphatic rings. The molecule has 3 aromatic rings. The van der Waals surface area contributed by atoms with Gasteiger partial charge in [0.2, 0.25) is 0 Å². The lowest BCUT2D eigenvalue weighted by Gasteiger charge is -2.44. The molecule has 5 heteroatoms. The molecule has 2 heterocycles. The van der Waals surface area contributed by atoms with Crippen LogP contribution in [0.15, 0.2) is 56.4 Å². The highest BCUT2D eigenvalue weighted by Crippen LogP contribution is 2.43. The Bertz CT molecular complexity index is 995. The zero-order valence-electron chi connectivity index (χ0n) is 16.9. The summed E-state index contributed by atoms with van der Waals surface area (Å²) in [7, 11) is -1.80. The lowest BCUT2D eigenvalue weighted by molar-refractivity contribution is 0.561. The molecule has 0 saturated heterocycles. The highest BCUT2D eigenvalue weighted by molar-refractivity contribution is 9.10. The Morgan fingerprint density at radius 2 is 1.59 bits per heavy atom. The molecule has 0 atom stereocenters. The molecule has 0 N–H and O–H groups in total. The molecule has 0 fully saturated rings. The molecule has 144 valence electrons. The number of halogens is 1. The first kappa shape index (κ1) is 20.1. The molecule has 27 heavy (non-hydrogen) atoms. The first-order chi connectivity index (χ1) is 12.7. The molecule has 3 nitrogen and oxygen atoms in total. The van der Waals surface area contributed by atoms with Crippen LogP contribution in [0.4, 0.5) is 0 Å². The predicted octanol–water partition coefficient (Wildman–Crippen LogP) is 7.05. The van der Waals surface area contributed by atoms with E-state index in [4.69, 9.17) is 4.42 Å². The highest BCUT2D eigenvalue weighted by atomic mass is 79.9. The summed E-state index contributed by atoms with van der Waals surface area (Å²) in [6, 6.07) is 9.60. The van der Waals surface area contributed by atoms with Crippen LogP contribution in [0.5, 0.6) is 0 Å². The number of aromatic nitrogens is 1. The van der Waals surface area contributed by atoms with Gasteiger partial charge in [-0.25, -0.2) is 4.79 Å². The molecule has 3 rings (SSSR count). The minimum absolute atomic E-state index is 0.316. The first-order valence-electron chi connectivity index (χ1n) is 9.60. The van der Waals surface area contributed by atoms with Crippen LogP contribution in [0.25, 0.3) is 22.1 Å². The van der Waals surface area contributed by atoms with Crippen molar-refractivity contribution in [1.82, 2.24) is 4.23 Å². The van der Waals surface area contributed by atoms with Crippen LogP contribution < -0.4 is 5.63 Å². The van der Waals surface area contributed by atoms with E-state index in [0.29, 0.717) is 22.2 Å². The average molecular weight is 446 g/mol. The number of rotatable bonds is 5. The van der Waals surface area contributed by atoms with Crippen molar-refractivity contribution in [2.24, 2.45) is 0 Å². The Kier molecular flexibility index (Phi) is 5.55. The standard InChI is InChI=1S/C22H28BrNO2Si/c1-14(2)27(15(3)4,16(5)6)24-10-9-17(13-24)20-12-22(25)26-21-11-18(23)7-8-19(20)21/h7-16H,1-6H3. The molecule has 0 aliphatic carbocycles. The summed E-state index contributed by atoms with van der Waals surface area (Å²) in [4.78, 5) is 12.1. The molecule has 0 amide bonds. The van der Waals surface area contributed by atoms with E-state index in [0.717, 1.165) is 21.0 Å². The zero-order valence-corrected chi connectivity index (χ0v) is 19.5. The van der Waals surface area contributed by atoms with Crippen LogP contribution in [0.2, 0.25) is 16.6 Å². The van der Waals surface area contributed by atoms with Gasteiger partial charge in [0.05, 0.1) is 0 Å². The van der Waals surface area contributed by atoms with E-state index in [2.05, 4.69) is 80.2 Å². The second kappa shape index (κ2) is 7.44. The predicted molar refractivity (Wildman–Crippen MR) is 120 cm³/mol. The van der Waals surface area contributed by atoms with Crippen LogP contribution in [0.3, 0.4) is 0 Å². The molecule has 2 aromatic heterocycles. The van der Waals surface area contributed by atoms with Crippen LogP contribution in [-0.4, -0.2) is 12.5 Å². The Labute approximate surface area is 170 Å². The van der Waals surface area contributed by atoms with Crippen molar-refractivity contribution in [2.45, 2.75) is 58.2 Å². The second-order valence-electron chi connectivity index (χ2n) is 8.28. The fraction of sp³-hybridized carbons (Fsp3) is 0.409. The number of benzene rings is 1. The van der Waals surface area contributed by atoms with Gasteiger partial charge in [-0.05, 0) is 52.6 Å². The van der Waals surface area contributed by atoms with E-state index in [1.807, 2.05) is 18.2 Å². The summed E-state index contributed by atoms with van der Waals surface area (Å²) in [6.45, 7) is 14.1. The van der Waals surface area contributed by atoms with Crippen molar-refractivity contribution in [3.63, 3.8) is 0 Å². The summed E-state index contributed by atoms with van der Waals surface area (Å²) in [5.41, 5.74) is 4.16. The van der Waals surface area contributed by atoms with Gasteiger partial charge in [-0.2, -0.15) is 0 Å². The van der Waals surface area contributed by atoms with Gasteiger partial charge in [0.15, 0.2) is 8.24 Å². The van der Waals surface area contributed by atoms with E-state index in [9.17, 15) is 4.79 Å². The summed E-state index contributed by atoms with van der Waals surface area (Å²) >= 11 is 3.46. The third-order valence-electron chi connectivity index (χ3n) is 5.93. The fourth-order valence-corrected chi connectivity index (χ4v) is 11.9. The largest absolute Gasteiger partial charge is 0.423 e. The molecule has 0 bridgehead atoms. The summed E-state index contributed by atoms with van der Waals surface area (Å²) in [5, 5.41) is 0.960. The van der Waals surface area contributed by atoms with Crippen LogP contribution in [0, 0.1) is 0 Å². The molecule has 0 unspecified atom stereocenters. The van der Waals surface area contributed by atoms with Crippen molar-refractivity contribution in [3.8, 4) is 11.1 Å². The van der Waals surface area contributed by atoms with E-state index in [1.54, 1.807) is 6.07 Å². The third kappa shape index (κ3) is 3.36. The first-order valence-corrected chi connectivity index (χ1v) is 12.6. The van der Waals surface area contributed by atoms with Gasteiger partial charge in [0.1, 0.15) is 5.58 Å². The summed E-state index contributed by atoms with van der Waals surface area (Å²) in [6.07, 6.45) is 4.48. The normalized spacial score (nSPS) is 12.7. The smallest absolute Gasteiger partial charge is 0.336 e. The Balaban J connectivity index is 2.22. The molecule has 0 radical (unpaired) electrons. The SMILES string of the molecule is CC(C)[Si](C(C)C)(C(C)C)n1ccc(-c2cc(=O)oc3cc(Br)ccc23)c1. The fourth-order valence-electron chi connectivity index (χ4n) is 5.07. The number of fused-ring (bicyclic) bond motifs is 1. The number of hydrogen-bond donors (Lipinski definition) is 0. The zero-order chi connectivity index (χ0) is 19.9. The van der Waals surface area contributed by atoms with Crippen molar-refractivity contribution in [3.05, 3.63) is 57.6 Å². The third-order valence-corrected chi connectivity index (χ3v) is 13.1. The van der Waals surface area contributed by atoms with Crippen LogP contribution in [-0.2, 0) is 0 Å². The topological polar surface area (TPSA) is 35.1 Å². The highest BCUT2D eigenvalue weighted by Gasteiger charge is 2.44. The quantitative estimate of drug-likeness (QED) is 0.311. The molecule has 0 saturated carbocycles. The maximum absolute atomic E-state index is 12.1. The Hall–Kier alpha value is -1.59. The van der Waals surface area contributed by atoms with Crippen molar-refractivity contribution >= 4 is 35.1 Å². The lowest BCUT2D eigenvalue weighted by Crippen LogP contribution is -2.51. The van der Waals surface area contributed by atoms with E-state index < -0.39 is 8.24 Å². The molecule has 1 aromatic carbocycles. The van der Waals surface area contributed by atoms with E-state index >= 15 is 0 Å². The van der Waals surface area contributed by atoms with Gasteiger partial charge in [-0.15, -0.1) is 0 Å². The van der Waals surface area contributed by atoms with Crippen LogP contribution >= 0.6 is 15.9 Å². The molecule has 0 aliphatic heterocycles. The number of hydrogen-bond acceptors (Lipinski definition) is 2. The maximum atomic E-state index is 12.1. The van der Waals surface area contributed by atoms with Gasteiger partial charge in [-0.3, -0.25) is 0 Å². The molecular weight excluding hydrogens is 418 g/mol. The minimum atomic E-state index is -1.80. The van der Waals surface area contributed by atoms with Gasteiger partial charge in [-0.1, -0.05) is 57.5 Å². The van der Waals surface area contributed by atoms with Crippen LogP contribution in [0.1, 0.15) is 41.5 Å². The van der Waals surface area contributed by atoms with Crippen molar-refractivity contribution in [1.29, 1.82) is 0 Å². The monoisotopic (exact) mass is 445 g/mol. The lowest BCUT2D eigenvalue weighted by atomic mass is 10.1. The summed E-state index contributed by atoms with van der Waals surface area (Å²) in [5.74, 6) is 0.